The molecule has 1 heterocycles. The number of nitrogens with one attached hydrogen (secondary N) is 2. The minimum Gasteiger partial charge on any atom is -0.444 e. The van der Waals surface area contributed by atoms with Crippen LogP contribution in [-0.4, -0.2) is 49.2 Å². The molecule has 2 atom stereocenters. The lowest BCUT2D eigenvalue weighted by atomic mass is 9.95. The predicted molar refractivity (Wildman–Crippen MR) is 128 cm³/mol. The summed E-state index contributed by atoms with van der Waals surface area (Å²) >= 11 is 0. The number of sulfonamides is 1. The topological polar surface area (TPSA) is 125 Å². The molecule has 0 aromatic heterocycles. The van der Waals surface area contributed by atoms with E-state index in [0.717, 1.165) is 17.0 Å². The average molecular weight is 544 g/mol. The Morgan fingerprint density at radius 2 is 1.65 bits per heavy atom. The lowest BCUT2D eigenvalue weighted by Gasteiger charge is -2.28. The van der Waals surface area contributed by atoms with Crippen LogP contribution in [0.4, 0.5) is 23.7 Å². The van der Waals surface area contributed by atoms with Crippen LogP contribution in [-0.2, 0) is 31.7 Å². The minimum absolute atomic E-state index is 0.0498. The lowest BCUT2D eigenvalue weighted by Crippen LogP contribution is -2.40. The second-order valence-electron chi connectivity index (χ2n) is 9.72. The Hall–Kier alpha value is -3.16. The molecule has 0 saturated heterocycles. The van der Waals surface area contributed by atoms with Gasteiger partial charge in [0.15, 0.2) is 5.60 Å². The van der Waals surface area contributed by atoms with Crippen molar-refractivity contribution >= 4 is 27.7 Å². The smallest absolute Gasteiger partial charge is 0.421 e. The molecule has 3 N–H and O–H groups in total. The maximum atomic E-state index is 13.3. The van der Waals surface area contributed by atoms with Gasteiger partial charge in [-0.3, -0.25) is 9.69 Å². The van der Waals surface area contributed by atoms with Crippen LogP contribution < -0.4 is 10.0 Å². The first-order valence-electron chi connectivity index (χ1n) is 11.1. The Kier molecular flexibility index (Phi) is 7.38. The van der Waals surface area contributed by atoms with E-state index in [0.29, 0.717) is 18.1 Å². The van der Waals surface area contributed by atoms with Gasteiger partial charge in [0, 0.05) is 5.69 Å². The zero-order valence-corrected chi connectivity index (χ0v) is 21.6. The molecule has 0 bridgehead atoms. The zero-order chi connectivity index (χ0) is 28.0. The van der Waals surface area contributed by atoms with Crippen LogP contribution in [0.5, 0.6) is 0 Å². The number of halogens is 3. The van der Waals surface area contributed by atoms with E-state index in [-0.39, 0.29) is 17.1 Å². The number of benzene rings is 2. The highest BCUT2D eigenvalue weighted by Gasteiger charge is 2.51. The van der Waals surface area contributed by atoms with Gasteiger partial charge in [-0.05, 0) is 75.7 Å². The van der Waals surface area contributed by atoms with Gasteiger partial charge in [0.05, 0.1) is 11.4 Å². The van der Waals surface area contributed by atoms with Crippen molar-refractivity contribution in [3.8, 4) is 0 Å². The number of ether oxygens (including phenoxy) is 1. The van der Waals surface area contributed by atoms with Crippen molar-refractivity contribution in [3.63, 3.8) is 0 Å². The van der Waals surface area contributed by atoms with Crippen LogP contribution in [0.25, 0.3) is 0 Å². The van der Waals surface area contributed by atoms with Gasteiger partial charge in [0.2, 0.25) is 10.0 Å². The van der Waals surface area contributed by atoms with E-state index in [1.807, 2.05) is 0 Å². The van der Waals surface area contributed by atoms with Gasteiger partial charge in [0.1, 0.15) is 11.6 Å². The number of aliphatic hydroxyl groups is 1. The van der Waals surface area contributed by atoms with Crippen molar-refractivity contribution < 1.29 is 41.0 Å². The van der Waals surface area contributed by atoms with Crippen LogP contribution in [0.3, 0.4) is 0 Å². The fourth-order valence-corrected chi connectivity index (χ4v) is 4.52. The Balaban J connectivity index is 1.94. The highest BCUT2D eigenvalue weighted by Crippen LogP contribution is 2.39. The standard InChI is InChI=1S/C24H28F3N3O6S/c1-22(2,3)36-21(32)30-13-14-12-17(37(34,35)28-5)10-11-18(14)19(30)20(31)29-16-8-6-15(7-9-16)23(4,33)24(25,26)27/h6-12,19,28,33H,13H2,1-5H3,(H,29,31). The van der Waals surface area contributed by atoms with Crippen LogP contribution >= 0.6 is 0 Å². The van der Waals surface area contributed by atoms with Crippen LogP contribution in [0.15, 0.2) is 47.4 Å². The lowest BCUT2D eigenvalue weighted by molar-refractivity contribution is -0.258. The summed E-state index contributed by atoms with van der Waals surface area (Å²) in [5, 5.41) is 12.4. The van der Waals surface area contributed by atoms with Crippen molar-refractivity contribution in [2.24, 2.45) is 0 Å². The summed E-state index contributed by atoms with van der Waals surface area (Å²) in [6.07, 6.45) is -5.71. The number of nitrogens with zero attached hydrogens (tertiary/aromatic N) is 1. The molecule has 202 valence electrons. The summed E-state index contributed by atoms with van der Waals surface area (Å²) in [5.41, 5.74) is -3.47. The van der Waals surface area contributed by atoms with E-state index in [2.05, 4.69) is 10.0 Å². The van der Waals surface area contributed by atoms with Gasteiger partial charge in [-0.25, -0.2) is 17.9 Å². The molecule has 9 nitrogen and oxygen atoms in total. The van der Waals surface area contributed by atoms with Crippen molar-refractivity contribution in [2.45, 2.75) is 62.6 Å². The average Bonchev–Trinajstić information content (AvgIpc) is 3.17. The number of hydrogen-bond donors (Lipinski definition) is 3. The number of anilines is 1. The first-order valence-corrected chi connectivity index (χ1v) is 12.6. The van der Waals surface area contributed by atoms with Gasteiger partial charge in [-0.2, -0.15) is 13.2 Å². The SMILES string of the molecule is CNS(=O)(=O)c1ccc2c(c1)CN(C(=O)OC(C)(C)C)C2C(=O)Nc1ccc(C(C)(O)C(F)(F)F)cc1. The molecule has 2 aromatic carbocycles. The van der Waals surface area contributed by atoms with Gasteiger partial charge in [-0.15, -0.1) is 0 Å². The highest BCUT2D eigenvalue weighted by atomic mass is 32.2. The van der Waals surface area contributed by atoms with E-state index < -0.39 is 51.0 Å². The van der Waals surface area contributed by atoms with E-state index >= 15 is 0 Å². The Morgan fingerprint density at radius 3 is 2.16 bits per heavy atom. The largest absolute Gasteiger partial charge is 0.444 e. The Labute approximate surface area is 212 Å². The van der Waals surface area contributed by atoms with E-state index in [1.165, 1.54) is 37.4 Å². The molecule has 0 saturated carbocycles. The van der Waals surface area contributed by atoms with Crippen molar-refractivity contribution in [1.82, 2.24) is 9.62 Å². The molecule has 2 amide bonds. The summed E-state index contributed by atoms with van der Waals surface area (Å²) in [4.78, 5) is 27.4. The molecule has 2 aromatic rings. The third-order valence-electron chi connectivity index (χ3n) is 5.78. The molecule has 2 unspecified atom stereocenters. The van der Waals surface area contributed by atoms with E-state index in [4.69, 9.17) is 4.74 Å². The van der Waals surface area contributed by atoms with Gasteiger partial charge >= 0.3 is 12.3 Å². The molecule has 1 aliphatic heterocycles. The van der Waals surface area contributed by atoms with Gasteiger partial charge < -0.3 is 15.2 Å². The number of hydrogen-bond acceptors (Lipinski definition) is 6. The molecule has 3 rings (SSSR count). The number of alkyl halides is 3. The molecule has 0 radical (unpaired) electrons. The van der Waals surface area contributed by atoms with Crippen molar-refractivity contribution in [1.29, 1.82) is 0 Å². The third kappa shape index (κ3) is 5.89. The molecule has 0 spiro atoms. The monoisotopic (exact) mass is 543 g/mol. The summed E-state index contributed by atoms with van der Waals surface area (Å²) < 4.78 is 71.5. The molecule has 13 heteroatoms. The molecule has 0 aliphatic carbocycles. The van der Waals surface area contributed by atoms with Crippen molar-refractivity contribution in [2.75, 3.05) is 12.4 Å². The van der Waals surface area contributed by atoms with E-state index in [9.17, 15) is 36.3 Å². The third-order valence-corrected chi connectivity index (χ3v) is 7.20. The van der Waals surface area contributed by atoms with E-state index in [1.54, 1.807) is 20.8 Å². The first-order chi connectivity index (χ1) is 16.9. The van der Waals surface area contributed by atoms with Crippen LogP contribution in [0.1, 0.15) is 50.4 Å². The number of carbonyl (C=O) groups is 2. The summed E-state index contributed by atoms with van der Waals surface area (Å²) in [6, 6.07) is 7.36. The minimum atomic E-state index is -4.90. The maximum Gasteiger partial charge on any atom is 0.421 e. The number of amides is 2. The Morgan fingerprint density at radius 1 is 1.05 bits per heavy atom. The molecule has 0 fully saturated rings. The maximum absolute atomic E-state index is 13.3. The normalized spacial score (nSPS) is 17.6. The molecular formula is C24H28F3N3O6S. The number of carbonyl (C=O) groups excluding carboxylic acids is 2. The molecular weight excluding hydrogens is 515 g/mol. The molecule has 37 heavy (non-hydrogen) atoms. The van der Waals surface area contributed by atoms with Gasteiger partial charge in [0.25, 0.3) is 5.91 Å². The van der Waals surface area contributed by atoms with Crippen LogP contribution in [0, 0.1) is 0 Å². The molecule has 1 aliphatic rings. The summed E-state index contributed by atoms with van der Waals surface area (Å²) in [7, 11) is -2.53. The zero-order valence-electron chi connectivity index (χ0n) is 20.8. The highest BCUT2D eigenvalue weighted by molar-refractivity contribution is 7.89. The summed E-state index contributed by atoms with van der Waals surface area (Å²) in [5.74, 6) is -0.691. The quantitative estimate of drug-likeness (QED) is 0.527. The summed E-state index contributed by atoms with van der Waals surface area (Å²) in [6.45, 7) is 5.47. The van der Waals surface area contributed by atoms with Gasteiger partial charge in [-0.1, -0.05) is 18.2 Å². The van der Waals surface area contributed by atoms with Crippen molar-refractivity contribution in [3.05, 3.63) is 59.2 Å². The van der Waals surface area contributed by atoms with Crippen LogP contribution in [0.2, 0.25) is 0 Å². The second-order valence-corrected chi connectivity index (χ2v) is 11.6. The fourth-order valence-electron chi connectivity index (χ4n) is 3.74. The predicted octanol–water partition coefficient (Wildman–Crippen LogP) is 3.80. The number of rotatable bonds is 5. The Bertz CT molecular complexity index is 1300. The number of fused-ring (bicyclic) bond motifs is 1. The first kappa shape index (κ1) is 28.4. The fraction of sp³-hybridized carbons (Fsp3) is 0.417. The second kappa shape index (κ2) is 9.62.